The minimum atomic E-state index is 0.648. The highest BCUT2D eigenvalue weighted by Gasteiger charge is 2.18. The van der Waals surface area contributed by atoms with E-state index in [-0.39, 0.29) is 0 Å². The van der Waals surface area contributed by atoms with E-state index in [1.807, 2.05) is 66.7 Å². The number of benzene rings is 7. The number of pyridine rings is 1. The maximum Gasteiger partial charge on any atom is 0.164 e. The number of nitrogens with zero attached hydrogens (tertiary/aromatic N) is 4. The molecule has 0 radical (unpaired) electrons. The molecule has 9 rings (SSSR count). The monoisotopic (exact) mass is 586 g/mol. The van der Waals surface area contributed by atoms with E-state index in [1.165, 1.54) is 10.9 Å². The molecule has 7 aromatic carbocycles. The standard InChI is InChI=1S/C42H26N4/c1-3-13-27(14-4-1)40-44-41(28-15-5-2-6-16-28)46-42(45-40)36-24-23-34(31-18-8-9-19-32(31)36)37-26-30-25-29-17-7-12-22-38(29)43-39(30)35-21-11-10-20-33(35)37/h1-26H. The first kappa shape index (κ1) is 26.2. The van der Waals surface area contributed by atoms with E-state index in [0.29, 0.717) is 17.5 Å². The van der Waals surface area contributed by atoms with Gasteiger partial charge in [-0.05, 0) is 51.6 Å². The predicted octanol–water partition coefficient (Wildman–Crippen LogP) is 10.5. The smallest absolute Gasteiger partial charge is 0.164 e. The van der Waals surface area contributed by atoms with Crippen molar-refractivity contribution in [1.82, 2.24) is 19.9 Å². The van der Waals surface area contributed by atoms with Crippen LogP contribution in [0.15, 0.2) is 158 Å². The normalized spacial score (nSPS) is 11.5. The first-order chi connectivity index (χ1) is 22.8. The average molecular weight is 587 g/mol. The lowest BCUT2D eigenvalue weighted by Crippen LogP contribution is -2.00. The molecule has 214 valence electrons. The largest absolute Gasteiger partial charge is 0.247 e. The third-order valence-electron chi connectivity index (χ3n) is 8.68. The molecular weight excluding hydrogens is 560 g/mol. The molecule has 4 nitrogen and oxygen atoms in total. The summed E-state index contributed by atoms with van der Waals surface area (Å²) in [5.41, 5.74) is 7.23. The van der Waals surface area contributed by atoms with Crippen LogP contribution < -0.4 is 0 Å². The molecule has 0 bridgehead atoms. The quantitative estimate of drug-likeness (QED) is 0.152. The Bertz CT molecular complexity index is 2520. The molecular formula is C42H26N4. The van der Waals surface area contributed by atoms with E-state index in [2.05, 4.69) is 91.0 Å². The molecule has 0 aliphatic rings. The fourth-order valence-corrected chi connectivity index (χ4v) is 6.50. The molecule has 0 unspecified atom stereocenters. The molecule has 2 heterocycles. The second-order valence-corrected chi connectivity index (χ2v) is 11.5. The summed E-state index contributed by atoms with van der Waals surface area (Å²) in [5.74, 6) is 1.95. The first-order valence-electron chi connectivity index (χ1n) is 15.4. The van der Waals surface area contributed by atoms with Gasteiger partial charge >= 0.3 is 0 Å². The minimum absolute atomic E-state index is 0.648. The van der Waals surface area contributed by atoms with Gasteiger partial charge in [0.1, 0.15) is 0 Å². The molecule has 0 fully saturated rings. The van der Waals surface area contributed by atoms with E-state index in [4.69, 9.17) is 19.9 Å². The Morgan fingerprint density at radius 2 is 0.804 bits per heavy atom. The summed E-state index contributed by atoms with van der Waals surface area (Å²) in [7, 11) is 0. The Hall–Kier alpha value is -6.26. The van der Waals surface area contributed by atoms with E-state index in [9.17, 15) is 0 Å². The van der Waals surface area contributed by atoms with Gasteiger partial charge in [0.2, 0.25) is 0 Å². The van der Waals surface area contributed by atoms with E-state index < -0.39 is 0 Å². The average Bonchev–Trinajstić information content (AvgIpc) is 3.14. The van der Waals surface area contributed by atoms with Gasteiger partial charge < -0.3 is 0 Å². The van der Waals surface area contributed by atoms with Gasteiger partial charge in [0.25, 0.3) is 0 Å². The number of fused-ring (bicyclic) bond motifs is 5. The summed E-state index contributed by atoms with van der Waals surface area (Å²) in [5, 5.41) is 6.80. The van der Waals surface area contributed by atoms with Crippen molar-refractivity contribution in [1.29, 1.82) is 0 Å². The summed E-state index contributed by atoms with van der Waals surface area (Å²) in [6, 6.07) is 54.6. The maximum absolute atomic E-state index is 5.10. The summed E-state index contributed by atoms with van der Waals surface area (Å²) in [4.78, 5) is 20.1. The molecule has 0 aliphatic carbocycles. The van der Waals surface area contributed by atoms with Crippen molar-refractivity contribution in [2.75, 3.05) is 0 Å². The van der Waals surface area contributed by atoms with Crippen LogP contribution in [-0.2, 0) is 0 Å². The maximum atomic E-state index is 5.10. The van der Waals surface area contributed by atoms with Gasteiger partial charge in [-0.25, -0.2) is 19.9 Å². The Balaban J connectivity index is 1.29. The van der Waals surface area contributed by atoms with E-state index in [1.54, 1.807) is 0 Å². The van der Waals surface area contributed by atoms with Crippen LogP contribution in [0.5, 0.6) is 0 Å². The highest BCUT2D eigenvalue weighted by Crippen LogP contribution is 2.41. The van der Waals surface area contributed by atoms with E-state index in [0.717, 1.165) is 60.2 Å². The van der Waals surface area contributed by atoms with E-state index >= 15 is 0 Å². The third-order valence-corrected chi connectivity index (χ3v) is 8.68. The van der Waals surface area contributed by atoms with Crippen LogP contribution in [0.3, 0.4) is 0 Å². The second-order valence-electron chi connectivity index (χ2n) is 11.5. The van der Waals surface area contributed by atoms with Gasteiger partial charge in [0, 0.05) is 32.8 Å². The number of hydrogen-bond acceptors (Lipinski definition) is 4. The van der Waals surface area contributed by atoms with Crippen LogP contribution in [0, 0.1) is 0 Å². The van der Waals surface area contributed by atoms with Crippen molar-refractivity contribution in [3.05, 3.63) is 158 Å². The zero-order valence-corrected chi connectivity index (χ0v) is 24.8. The fourth-order valence-electron chi connectivity index (χ4n) is 6.50. The number of hydrogen-bond donors (Lipinski definition) is 0. The van der Waals surface area contributed by atoms with Crippen molar-refractivity contribution < 1.29 is 0 Å². The van der Waals surface area contributed by atoms with Crippen LogP contribution in [0.4, 0.5) is 0 Å². The minimum Gasteiger partial charge on any atom is -0.247 e. The Morgan fingerprint density at radius 3 is 1.48 bits per heavy atom. The molecule has 0 N–H and O–H groups in total. The van der Waals surface area contributed by atoms with Gasteiger partial charge in [-0.3, -0.25) is 0 Å². The molecule has 9 aromatic rings. The van der Waals surface area contributed by atoms with Crippen LogP contribution in [0.2, 0.25) is 0 Å². The van der Waals surface area contributed by atoms with Gasteiger partial charge in [0.05, 0.1) is 11.0 Å². The summed E-state index contributed by atoms with van der Waals surface area (Å²) < 4.78 is 0. The van der Waals surface area contributed by atoms with Gasteiger partial charge in [-0.1, -0.05) is 133 Å². The summed E-state index contributed by atoms with van der Waals surface area (Å²) >= 11 is 0. The van der Waals surface area contributed by atoms with Crippen molar-refractivity contribution in [3.8, 4) is 45.3 Å². The topological polar surface area (TPSA) is 51.6 Å². The molecule has 0 amide bonds. The fraction of sp³-hybridized carbons (Fsp3) is 0. The van der Waals surface area contributed by atoms with Crippen LogP contribution >= 0.6 is 0 Å². The number of rotatable bonds is 4. The molecule has 46 heavy (non-hydrogen) atoms. The molecule has 2 aromatic heterocycles. The van der Waals surface area contributed by atoms with Crippen LogP contribution in [0.1, 0.15) is 0 Å². The Morgan fingerprint density at radius 1 is 0.304 bits per heavy atom. The number of para-hydroxylation sites is 1. The summed E-state index contributed by atoms with van der Waals surface area (Å²) in [6.45, 7) is 0. The zero-order valence-electron chi connectivity index (χ0n) is 24.8. The lowest BCUT2D eigenvalue weighted by Gasteiger charge is -2.15. The first-order valence-corrected chi connectivity index (χ1v) is 15.4. The molecule has 4 heteroatoms. The SMILES string of the molecule is c1ccc(-c2nc(-c3ccccc3)nc(-c3ccc(-c4cc5cc6ccccc6nc5c5ccccc45)c4ccccc34)n2)cc1. The molecule has 0 atom stereocenters. The van der Waals surface area contributed by atoms with Crippen LogP contribution in [-0.4, -0.2) is 19.9 Å². The van der Waals surface area contributed by atoms with Crippen LogP contribution in [0.25, 0.3) is 88.6 Å². The molecule has 0 saturated carbocycles. The van der Waals surface area contributed by atoms with Crippen molar-refractivity contribution >= 4 is 43.4 Å². The lowest BCUT2D eigenvalue weighted by atomic mass is 9.90. The molecule has 0 spiro atoms. The van der Waals surface area contributed by atoms with Gasteiger partial charge in [-0.2, -0.15) is 0 Å². The van der Waals surface area contributed by atoms with Crippen molar-refractivity contribution in [2.24, 2.45) is 0 Å². The highest BCUT2D eigenvalue weighted by atomic mass is 15.0. The van der Waals surface area contributed by atoms with Crippen molar-refractivity contribution in [2.45, 2.75) is 0 Å². The summed E-state index contributed by atoms with van der Waals surface area (Å²) in [6.07, 6.45) is 0. The zero-order chi connectivity index (χ0) is 30.5. The lowest BCUT2D eigenvalue weighted by molar-refractivity contribution is 1.08. The van der Waals surface area contributed by atoms with Crippen molar-refractivity contribution in [3.63, 3.8) is 0 Å². The predicted molar refractivity (Wildman–Crippen MR) is 189 cm³/mol. The molecule has 0 aliphatic heterocycles. The van der Waals surface area contributed by atoms with Gasteiger partial charge in [-0.15, -0.1) is 0 Å². The Labute approximate surface area is 265 Å². The van der Waals surface area contributed by atoms with Gasteiger partial charge in [0.15, 0.2) is 17.5 Å². The molecule has 0 saturated heterocycles. The Kier molecular flexibility index (Phi) is 6.10. The third kappa shape index (κ3) is 4.39. The highest BCUT2D eigenvalue weighted by molar-refractivity contribution is 6.17. The number of aromatic nitrogens is 4. The second kappa shape index (κ2) is 10.7.